The molecule has 130 valence electrons. The number of hydrogen-bond donors (Lipinski definition) is 2. The highest BCUT2D eigenvalue weighted by atomic mass is 35.5. The van der Waals surface area contributed by atoms with Gasteiger partial charge in [-0.05, 0) is 48.4 Å². The fourth-order valence-corrected chi connectivity index (χ4v) is 2.02. The van der Waals surface area contributed by atoms with Gasteiger partial charge in [0, 0.05) is 18.2 Å². The third-order valence-corrected chi connectivity index (χ3v) is 3.55. The molecule has 2 aromatic carbocycles. The molecule has 0 aliphatic rings. The predicted molar refractivity (Wildman–Crippen MR) is 96.0 cm³/mol. The Kier molecular flexibility index (Phi) is 7.68. The molecule has 0 aliphatic heterocycles. The Morgan fingerprint density at radius 2 is 2.04 bits per heavy atom. The molecule has 0 heterocycles. The summed E-state index contributed by atoms with van der Waals surface area (Å²) in [6, 6.07) is 11.7. The minimum atomic E-state index is -0.283. The molecule has 0 aliphatic carbocycles. The molecule has 2 rings (SSSR count). The molecule has 3 N–H and O–H groups in total. The zero-order valence-corrected chi connectivity index (χ0v) is 14.5. The minimum absolute atomic E-state index is 0. The first-order valence-corrected chi connectivity index (χ1v) is 7.48. The molecule has 1 amide bonds. The van der Waals surface area contributed by atoms with Crippen LogP contribution >= 0.6 is 12.4 Å². The van der Waals surface area contributed by atoms with Crippen molar-refractivity contribution in [1.29, 1.82) is 0 Å². The van der Waals surface area contributed by atoms with E-state index in [1.807, 2.05) is 13.0 Å². The number of halogens is 2. The van der Waals surface area contributed by atoms with Crippen molar-refractivity contribution in [2.75, 3.05) is 11.9 Å². The molecule has 1 atom stereocenters. The van der Waals surface area contributed by atoms with Crippen molar-refractivity contribution in [2.45, 2.75) is 20.5 Å². The molecule has 0 bridgehead atoms. The van der Waals surface area contributed by atoms with Crippen LogP contribution in [-0.4, -0.2) is 12.5 Å². The van der Waals surface area contributed by atoms with Crippen molar-refractivity contribution in [2.24, 2.45) is 11.7 Å². The minimum Gasteiger partial charge on any atom is -0.489 e. The van der Waals surface area contributed by atoms with Gasteiger partial charge >= 0.3 is 0 Å². The molecule has 24 heavy (non-hydrogen) atoms. The molecule has 0 saturated heterocycles. The predicted octanol–water partition coefficient (Wildman–Crippen LogP) is 3.67. The third-order valence-electron chi connectivity index (χ3n) is 3.55. The van der Waals surface area contributed by atoms with E-state index < -0.39 is 0 Å². The van der Waals surface area contributed by atoms with Crippen LogP contribution in [0.25, 0.3) is 0 Å². The van der Waals surface area contributed by atoms with Crippen LogP contribution in [0.2, 0.25) is 0 Å². The smallest absolute Gasteiger partial charge is 0.228 e. The van der Waals surface area contributed by atoms with E-state index >= 15 is 0 Å². The lowest BCUT2D eigenvalue weighted by Gasteiger charge is -2.13. The van der Waals surface area contributed by atoms with Gasteiger partial charge in [-0.15, -0.1) is 12.4 Å². The molecule has 0 saturated carbocycles. The second-order valence-corrected chi connectivity index (χ2v) is 5.52. The van der Waals surface area contributed by atoms with Crippen molar-refractivity contribution in [1.82, 2.24) is 0 Å². The lowest BCUT2D eigenvalue weighted by Crippen LogP contribution is -2.26. The Labute approximate surface area is 147 Å². The van der Waals surface area contributed by atoms with Crippen LogP contribution in [0.1, 0.15) is 18.1 Å². The number of nitrogens with two attached hydrogens (primary N) is 1. The van der Waals surface area contributed by atoms with E-state index in [9.17, 15) is 9.18 Å². The van der Waals surface area contributed by atoms with E-state index in [-0.39, 0.29) is 36.7 Å². The molecule has 0 aromatic heterocycles. The zero-order chi connectivity index (χ0) is 16.8. The topological polar surface area (TPSA) is 64.3 Å². The monoisotopic (exact) mass is 352 g/mol. The molecule has 4 nitrogen and oxygen atoms in total. The van der Waals surface area contributed by atoms with Gasteiger partial charge in [0.1, 0.15) is 18.2 Å². The van der Waals surface area contributed by atoms with Gasteiger partial charge in [-0.25, -0.2) is 4.39 Å². The summed E-state index contributed by atoms with van der Waals surface area (Å²) in [6.45, 7) is 4.26. The lowest BCUT2D eigenvalue weighted by molar-refractivity contribution is -0.119. The van der Waals surface area contributed by atoms with E-state index in [0.717, 1.165) is 16.8 Å². The van der Waals surface area contributed by atoms with Crippen molar-refractivity contribution < 1.29 is 13.9 Å². The molecule has 2 aromatic rings. The van der Waals surface area contributed by atoms with Gasteiger partial charge in [-0.1, -0.05) is 19.1 Å². The first-order valence-electron chi connectivity index (χ1n) is 7.48. The number of nitrogens with one attached hydrogen (secondary N) is 1. The van der Waals surface area contributed by atoms with Crippen LogP contribution < -0.4 is 15.8 Å². The van der Waals surface area contributed by atoms with Crippen molar-refractivity contribution in [3.63, 3.8) is 0 Å². The highest BCUT2D eigenvalue weighted by Gasteiger charge is 2.12. The number of ether oxygens (including phenoxy) is 1. The molecule has 0 fully saturated rings. The largest absolute Gasteiger partial charge is 0.489 e. The number of amides is 1. The molecule has 0 spiro atoms. The summed E-state index contributed by atoms with van der Waals surface area (Å²) in [7, 11) is 0. The first-order chi connectivity index (χ1) is 11.0. The fourth-order valence-electron chi connectivity index (χ4n) is 2.02. The summed E-state index contributed by atoms with van der Waals surface area (Å²) in [5.41, 5.74) is 7.87. The molecular weight excluding hydrogens is 331 g/mol. The van der Waals surface area contributed by atoms with E-state index in [1.54, 1.807) is 31.2 Å². The summed E-state index contributed by atoms with van der Waals surface area (Å²) in [6.07, 6.45) is 0. The Bertz CT molecular complexity index is 694. The SMILES string of the molecule is Cc1cc(OCc2cccc(F)c2)ccc1NC(=O)C(C)CN.Cl. The van der Waals surface area contributed by atoms with Crippen LogP contribution in [0.15, 0.2) is 42.5 Å². The Morgan fingerprint density at radius 3 is 2.67 bits per heavy atom. The number of carbonyl (C=O) groups is 1. The summed E-state index contributed by atoms with van der Waals surface area (Å²) in [5.74, 6) is 0.0355. The number of aryl methyl sites for hydroxylation is 1. The number of anilines is 1. The maximum atomic E-state index is 13.1. The zero-order valence-electron chi connectivity index (χ0n) is 13.7. The average Bonchev–Trinajstić information content (AvgIpc) is 2.54. The van der Waals surface area contributed by atoms with Gasteiger partial charge in [0.2, 0.25) is 5.91 Å². The molecule has 0 radical (unpaired) electrons. The lowest BCUT2D eigenvalue weighted by atomic mass is 10.1. The summed E-state index contributed by atoms with van der Waals surface area (Å²) in [4.78, 5) is 11.9. The van der Waals surface area contributed by atoms with Crippen LogP contribution in [0, 0.1) is 18.7 Å². The van der Waals surface area contributed by atoms with Crippen molar-refractivity contribution >= 4 is 24.0 Å². The summed E-state index contributed by atoms with van der Waals surface area (Å²) >= 11 is 0. The van der Waals surface area contributed by atoms with Gasteiger partial charge in [0.05, 0.1) is 0 Å². The van der Waals surface area contributed by atoms with E-state index in [0.29, 0.717) is 12.3 Å². The summed E-state index contributed by atoms with van der Waals surface area (Å²) in [5, 5.41) is 2.85. The van der Waals surface area contributed by atoms with Crippen molar-refractivity contribution in [3.05, 3.63) is 59.4 Å². The van der Waals surface area contributed by atoms with E-state index in [1.165, 1.54) is 12.1 Å². The maximum Gasteiger partial charge on any atom is 0.228 e. The van der Waals surface area contributed by atoms with Crippen LogP contribution in [0.4, 0.5) is 10.1 Å². The van der Waals surface area contributed by atoms with Gasteiger partial charge in [-0.3, -0.25) is 4.79 Å². The second-order valence-electron chi connectivity index (χ2n) is 5.52. The first kappa shape index (κ1) is 19.9. The molecule has 1 unspecified atom stereocenters. The Morgan fingerprint density at radius 1 is 1.29 bits per heavy atom. The van der Waals surface area contributed by atoms with Crippen LogP contribution in [0.5, 0.6) is 5.75 Å². The maximum absolute atomic E-state index is 13.1. The number of carbonyl (C=O) groups excluding carboxylic acids is 1. The molecule has 6 heteroatoms. The second kappa shape index (κ2) is 9.25. The van der Waals surface area contributed by atoms with E-state index in [4.69, 9.17) is 10.5 Å². The standard InChI is InChI=1S/C18H21FN2O2.ClH/c1-12-8-16(23-11-14-4-3-5-15(19)9-14)6-7-17(12)21-18(22)13(2)10-20;/h3-9,13H,10-11,20H2,1-2H3,(H,21,22);1H. The number of rotatable bonds is 6. The molecular formula is C18H22ClFN2O2. The third kappa shape index (κ3) is 5.51. The highest BCUT2D eigenvalue weighted by molar-refractivity contribution is 5.93. The number of benzene rings is 2. The Hall–Kier alpha value is -2.11. The quantitative estimate of drug-likeness (QED) is 0.833. The van der Waals surface area contributed by atoms with Gasteiger partial charge in [-0.2, -0.15) is 0 Å². The Balaban J connectivity index is 0.00000288. The van der Waals surface area contributed by atoms with Gasteiger partial charge < -0.3 is 15.8 Å². The van der Waals surface area contributed by atoms with Crippen molar-refractivity contribution in [3.8, 4) is 5.75 Å². The van der Waals surface area contributed by atoms with Crippen LogP contribution in [-0.2, 0) is 11.4 Å². The average molecular weight is 353 g/mol. The highest BCUT2D eigenvalue weighted by Crippen LogP contribution is 2.22. The van der Waals surface area contributed by atoms with Crippen LogP contribution in [0.3, 0.4) is 0 Å². The summed E-state index contributed by atoms with van der Waals surface area (Å²) < 4.78 is 18.8. The normalized spacial score (nSPS) is 11.3. The fraction of sp³-hybridized carbons (Fsp3) is 0.278. The van der Waals surface area contributed by atoms with E-state index in [2.05, 4.69) is 5.32 Å². The van der Waals surface area contributed by atoms with Gasteiger partial charge in [0.15, 0.2) is 0 Å². The number of hydrogen-bond acceptors (Lipinski definition) is 3. The van der Waals surface area contributed by atoms with Gasteiger partial charge in [0.25, 0.3) is 0 Å².